The molecule has 96 valence electrons. The Morgan fingerprint density at radius 2 is 1.62 bits per heavy atom. The van der Waals surface area contributed by atoms with Crippen LogP contribution in [0.15, 0.2) is 0 Å². The van der Waals surface area contributed by atoms with Crippen LogP contribution in [-0.4, -0.2) is 6.17 Å². The van der Waals surface area contributed by atoms with Crippen molar-refractivity contribution in [2.75, 3.05) is 0 Å². The van der Waals surface area contributed by atoms with Gasteiger partial charge in [-0.1, -0.05) is 53.9 Å². The maximum absolute atomic E-state index is 13.1. The maximum atomic E-state index is 13.1. The summed E-state index contributed by atoms with van der Waals surface area (Å²) in [7, 11) is 0. The number of rotatable bonds is 0. The lowest BCUT2D eigenvalue weighted by atomic mass is 9.82. The lowest BCUT2D eigenvalue weighted by Crippen LogP contribution is -2.16. The lowest BCUT2D eigenvalue weighted by molar-refractivity contribution is 0.230. The van der Waals surface area contributed by atoms with Crippen LogP contribution in [0.2, 0.25) is 0 Å². The highest BCUT2D eigenvalue weighted by atomic mass is 19.1. The third-order valence-corrected chi connectivity index (χ3v) is 2.40. The van der Waals surface area contributed by atoms with E-state index in [1.54, 1.807) is 0 Å². The summed E-state index contributed by atoms with van der Waals surface area (Å²) in [6.07, 6.45) is 4.00. The molecule has 0 aromatic heterocycles. The van der Waals surface area contributed by atoms with E-state index in [4.69, 9.17) is 0 Å². The summed E-state index contributed by atoms with van der Waals surface area (Å²) in [6.45, 7) is 12.3. The molecule has 16 heavy (non-hydrogen) atoms. The van der Waals surface area contributed by atoms with E-state index in [0.717, 1.165) is 19.3 Å². The lowest BCUT2D eigenvalue weighted by Gasteiger charge is -2.24. The molecule has 0 saturated heterocycles. The monoisotopic (exact) mass is 228 g/mol. The van der Waals surface area contributed by atoms with Gasteiger partial charge in [-0.2, -0.15) is 0 Å². The quantitative estimate of drug-likeness (QED) is 0.489. The van der Waals surface area contributed by atoms with E-state index in [-0.39, 0.29) is 5.41 Å². The fraction of sp³-hybridized carbons (Fsp3) is 0.867. The van der Waals surface area contributed by atoms with Crippen LogP contribution in [0.1, 0.15) is 73.6 Å². The SMILES string of the molecule is CC.CC.CC1(C)CCCCC#CC(F)C1. The van der Waals surface area contributed by atoms with E-state index in [0.29, 0.717) is 6.42 Å². The van der Waals surface area contributed by atoms with Crippen molar-refractivity contribution in [3.8, 4) is 11.8 Å². The third-order valence-electron chi connectivity index (χ3n) is 2.40. The molecule has 0 spiro atoms. The normalized spacial score (nSPS) is 22.6. The Kier molecular flexibility index (Phi) is 12.3. The summed E-state index contributed by atoms with van der Waals surface area (Å²) in [4.78, 5) is 0. The van der Waals surface area contributed by atoms with Gasteiger partial charge in [0.25, 0.3) is 0 Å². The van der Waals surface area contributed by atoms with Crippen LogP contribution < -0.4 is 0 Å². The van der Waals surface area contributed by atoms with Crippen molar-refractivity contribution in [1.82, 2.24) is 0 Å². The molecular weight excluding hydrogens is 199 g/mol. The van der Waals surface area contributed by atoms with Crippen LogP contribution in [0.3, 0.4) is 0 Å². The van der Waals surface area contributed by atoms with Crippen LogP contribution in [-0.2, 0) is 0 Å². The van der Waals surface area contributed by atoms with Crippen molar-refractivity contribution >= 4 is 0 Å². The van der Waals surface area contributed by atoms with Gasteiger partial charge >= 0.3 is 0 Å². The van der Waals surface area contributed by atoms with E-state index in [1.165, 1.54) is 6.42 Å². The minimum Gasteiger partial charge on any atom is -0.233 e. The third kappa shape index (κ3) is 10.0. The van der Waals surface area contributed by atoms with Crippen LogP contribution >= 0.6 is 0 Å². The zero-order valence-electron chi connectivity index (χ0n) is 12.0. The molecule has 0 radical (unpaired) electrons. The zero-order valence-corrected chi connectivity index (χ0v) is 12.0. The standard InChI is InChI=1S/C11H17F.2C2H6/c1-11(2)8-6-4-3-5-7-10(12)9-11;2*1-2/h10H,3-4,6,8-9H2,1-2H3;2*1-2H3. The summed E-state index contributed by atoms with van der Waals surface area (Å²) in [5.74, 6) is 5.55. The molecule has 0 amide bonds. The topological polar surface area (TPSA) is 0 Å². The van der Waals surface area contributed by atoms with Gasteiger partial charge in [-0.3, -0.25) is 0 Å². The van der Waals surface area contributed by atoms with Crippen molar-refractivity contribution in [2.24, 2.45) is 5.41 Å². The number of hydrogen-bond acceptors (Lipinski definition) is 0. The van der Waals surface area contributed by atoms with Gasteiger partial charge in [0.15, 0.2) is 6.17 Å². The molecule has 1 atom stereocenters. The molecule has 1 aliphatic carbocycles. The highest BCUT2D eigenvalue weighted by molar-refractivity contribution is 5.06. The number of alkyl halides is 1. The summed E-state index contributed by atoms with van der Waals surface area (Å²) >= 11 is 0. The Balaban J connectivity index is 0. The van der Waals surface area contributed by atoms with Gasteiger partial charge in [-0.05, 0) is 24.7 Å². The van der Waals surface area contributed by atoms with Crippen LogP contribution in [0.25, 0.3) is 0 Å². The van der Waals surface area contributed by atoms with E-state index in [9.17, 15) is 4.39 Å². The molecule has 0 aromatic carbocycles. The molecule has 1 heteroatoms. The highest BCUT2D eigenvalue weighted by Gasteiger charge is 2.22. The maximum Gasteiger partial charge on any atom is 0.161 e. The van der Waals surface area contributed by atoms with Crippen molar-refractivity contribution in [3.63, 3.8) is 0 Å². The van der Waals surface area contributed by atoms with E-state index < -0.39 is 6.17 Å². The van der Waals surface area contributed by atoms with Crippen LogP contribution in [0.4, 0.5) is 4.39 Å². The molecule has 0 fully saturated rings. The zero-order chi connectivity index (χ0) is 13.0. The van der Waals surface area contributed by atoms with E-state index in [1.807, 2.05) is 27.7 Å². The molecule has 0 N–H and O–H groups in total. The van der Waals surface area contributed by atoms with Crippen molar-refractivity contribution in [3.05, 3.63) is 0 Å². The van der Waals surface area contributed by atoms with Crippen molar-refractivity contribution in [1.29, 1.82) is 0 Å². The first-order chi connectivity index (χ1) is 7.60. The van der Waals surface area contributed by atoms with Gasteiger partial charge in [0.1, 0.15) is 0 Å². The van der Waals surface area contributed by atoms with Gasteiger partial charge in [0.2, 0.25) is 0 Å². The average Bonchev–Trinajstić information content (AvgIpc) is 2.34. The summed E-state index contributed by atoms with van der Waals surface area (Å²) in [6, 6.07) is 0. The van der Waals surface area contributed by atoms with Crippen LogP contribution in [0.5, 0.6) is 0 Å². The molecule has 1 rings (SSSR count). The van der Waals surface area contributed by atoms with Gasteiger partial charge in [-0.15, -0.1) is 5.92 Å². The Morgan fingerprint density at radius 3 is 2.19 bits per heavy atom. The minimum absolute atomic E-state index is 0.137. The summed E-state index contributed by atoms with van der Waals surface area (Å²) in [5, 5.41) is 0. The number of hydrogen-bond donors (Lipinski definition) is 0. The Bertz CT molecular complexity index is 195. The van der Waals surface area contributed by atoms with Crippen molar-refractivity contribution < 1.29 is 4.39 Å². The van der Waals surface area contributed by atoms with Crippen molar-refractivity contribution in [2.45, 2.75) is 79.8 Å². The molecule has 0 bridgehead atoms. The molecule has 1 unspecified atom stereocenters. The van der Waals surface area contributed by atoms with Gasteiger partial charge < -0.3 is 0 Å². The van der Waals surface area contributed by atoms with Gasteiger partial charge in [0.05, 0.1) is 0 Å². The predicted molar refractivity (Wildman–Crippen MR) is 72.2 cm³/mol. The summed E-state index contributed by atoms with van der Waals surface area (Å²) < 4.78 is 13.1. The molecule has 0 nitrogen and oxygen atoms in total. The highest BCUT2D eigenvalue weighted by Crippen LogP contribution is 2.30. The second-order valence-corrected chi connectivity index (χ2v) is 4.36. The summed E-state index contributed by atoms with van der Waals surface area (Å²) in [5.41, 5.74) is 0.137. The second-order valence-electron chi connectivity index (χ2n) is 4.36. The fourth-order valence-corrected chi connectivity index (χ4v) is 1.64. The first-order valence-corrected chi connectivity index (χ1v) is 6.73. The van der Waals surface area contributed by atoms with Gasteiger partial charge in [-0.25, -0.2) is 4.39 Å². The molecular formula is C15H29F. The Hall–Kier alpha value is -0.510. The second kappa shape index (κ2) is 11.0. The molecule has 0 aromatic rings. The fourth-order valence-electron chi connectivity index (χ4n) is 1.64. The van der Waals surface area contributed by atoms with E-state index in [2.05, 4.69) is 25.7 Å². The smallest absolute Gasteiger partial charge is 0.161 e. The molecule has 0 aliphatic heterocycles. The van der Waals surface area contributed by atoms with E-state index >= 15 is 0 Å². The largest absolute Gasteiger partial charge is 0.233 e. The molecule has 0 saturated carbocycles. The Morgan fingerprint density at radius 1 is 1.06 bits per heavy atom. The average molecular weight is 228 g/mol. The molecule has 0 heterocycles. The molecule has 1 aliphatic rings. The van der Waals surface area contributed by atoms with Crippen LogP contribution in [0, 0.1) is 17.3 Å². The first kappa shape index (κ1) is 17.9. The number of halogens is 1. The van der Waals surface area contributed by atoms with Gasteiger partial charge in [0, 0.05) is 6.42 Å². The minimum atomic E-state index is -0.905. The first-order valence-electron chi connectivity index (χ1n) is 6.73. The predicted octanol–water partition coefficient (Wildman–Crippen LogP) is 5.37. The Labute approximate surface area is 102 Å².